The van der Waals surface area contributed by atoms with Crippen LogP contribution in [-0.2, 0) is 4.74 Å². The summed E-state index contributed by atoms with van der Waals surface area (Å²) in [6.07, 6.45) is 3.53. The average molecular weight is 228 g/mol. The summed E-state index contributed by atoms with van der Waals surface area (Å²) in [6, 6.07) is 10.1. The van der Waals surface area contributed by atoms with Crippen LogP contribution in [-0.4, -0.2) is 12.1 Å². The SMILES string of the molecule is CO[C@H](C)c1ccc(-c2ccncc2N)cc1. The van der Waals surface area contributed by atoms with Crippen molar-refractivity contribution in [3.8, 4) is 11.1 Å². The standard InChI is InChI=1S/C14H16N2O/c1-10(17-2)11-3-5-12(6-4-11)13-7-8-16-9-14(13)15/h3-10H,15H2,1-2H3/t10-/m1/s1. The minimum Gasteiger partial charge on any atom is -0.397 e. The van der Waals surface area contributed by atoms with Gasteiger partial charge in [0.05, 0.1) is 18.0 Å². The molecule has 3 heteroatoms. The van der Waals surface area contributed by atoms with E-state index in [1.807, 2.05) is 13.0 Å². The Hall–Kier alpha value is -1.87. The van der Waals surface area contributed by atoms with Crippen LogP contribution < -0.4 is 5.73 Å². The van der Waals surface area contributed by atoms with Gasteiger partial charge in [-0.2, -0.15) is 0 Å². The van der Waals surface area contributed by atoms with Crippen LogP contribution in [0.4, 0.5) is 5.69 Å². The van der Waals surface area contributed by atoms with Gasteiger partial charge in [0.2, 0.25) is 0 Å². The number of nitrogens with zero attached hydrogens (tertiary/aromatic N) is 1. The van der Waals surface area contributed by atoms with Crippen LogP contribution >= 0.6 is 0 Å². The van der Waals surface area contributed by atoms with Crippen LogP contribution in [0.1, 0.15) is 18.6 Å². The predicted octanol–water partition coefficient (Wildman–Crippen LogP) is 3.04. The second kappa shape index (κ2) is 4.97. The average Bonchev–Trinajstić information content (AvgIpc) is 2.39. The first-order valence-electron chi connectivity index (χ1n) is 5.55. The number of ether oxygens (including phenoxy) is 1. The molecule has 0 saturated heterocycles. The lowest BCUT2D eigenvalue weighted by molar-refractivity contribution is 0.119. The number of aromatic nitrogens is 1. The fraction of sp³-hybridized carbons (Fsp3) is 0.214. The van der Waals surface area contributed by atoms with E-state index in [4.69, 9.17) is 10.5 Å². The summed E-state index contributed by atoms with van der Waals surface area (Å²) in [5, 5.41) is 0. The molecule has 0 spiro atoms. The van der Waals surface area contributed by atoms with Gasteiger partial charge in [0.25, 0.3) is 0 Å². The highest BCUT2D eigenvalue weighted by molar-refractivity contribution is 5.75. The molecule has 0 aliphatic rings. The molecule has 1 aromatic carbocycles. The molecule has 1 heterocycles. The number of methoxy groups -OCH3 is 1. The zero-order chi connectivity index (χ0) is 12.3. The summed E-state index contributed by atoms with van der Waals surface area (Å²) in [5.74, 6) is 0. The van der Waals surface area contributed by atoms with E-state index in [1.54, 1.807) is 19.5 Å². The van der Waals surface area contributed by atoms with Gasteiger partial charge in [0, 0.05) is 18.9 Å². The molecule has 2 N–H and O–H groups in total. The zero-order valence-corrected chi connectivity index (χ0v) is 10.1. The van der Waals surface area contributed by atoms with E-state index < -0.39 is 0 Å². The van der Waals surface area contributed by atoms with E-state index in [0.29, 0.717) is 5.69 Å². The van der Waals surface area contributed by atoms with Crippen molar-refractivity contribution in [3.63, 3.8) is 0 Å². The Labute approximate surface area is 101 Å². The van der Waals surface area contributed by atoms with E-state index in [1.165, 1.54) is 0 Å². The summed E-state index contributed by atoms with van der Waals surface area (Å²) in [7, 11) is 1.71. The first-order chi connectivity index (χ1) is 8.22. The van der Waals surface area contributed by atoms with Gasteiger partial charge in [0.15, 0.2) is 0 Å². The Bertz CT molecular complexity index is 494. The maximum Gasteiger partial charge on any atom is 0.0793 e. The molecule has 2 rings (SSSR count). The highest BCUT2D eigenvalue weighted by Gasteiger charge is 2.05. The van der Waals surface area contributed by atoms with Gasteiger partial charge in [-0.3, -0.25) is 4.98 Å². The van der Waals surface area contributed by atoms with E-state index in [-0.39, 0.29) is 6.10 Å². The summed E-state index contributed by atoms with van der Waals surface area (Å²) in [4.78, 5) is 3.98. The molecule has 88 valence electrons. The number of hydrogen-bond acceptors (Lipinski definition) is 3. The van der Waals surface area contributed by atoms with E-state index in [9.17, 15) is 0 Å². The Kier molecular flexibility index (Phi) is 3.40. The van der Waals surface area contributed by atoms with Crippen LogP contribution in [0, 0.1) is 0 Å². The minimum absolute atomic E-state index is 0.110. The monoisotopic (exact) mass is 228 g/mol. The zero-order valence-electron chi connectivity index (χ0n) is 10.1. The first kappa shape index (κ1) is 11.6. The number of nitrogens with two attached hydrogens (primary N) is 1. The largest absolute Gasteiger partial charge is 0.397 e. The number of hydrogen-bond donors (Lipinski definition) is 1. The number of benzene rings is 1. The molecule has 0 aliphatic carbocycles. The third-order valence-electron chi connectivity index (χ3n) is 2.90. The normalized spacial score (nSPS) is 12.4. The molecule has 1 atom stereocenters. The molecule has 3 nitrogen and oxygen atoms in total. The molecule has 0 amide bonds. The molecular weight excluding hydrogens is 212 g/mol. The van der Waals surface area contributed by atoms with Crippen molar-refractivity contribution in [2.75, 3.05) is 12.8 Å². The van der Waals surface area contributed by atoms with Crippen LogP contribution in [0.3, 0.4) is 0 Å². The Morgan fingerprint density at radius 1 is 1.18 bits per heavy atom. The maximum atomic E-state index is 5.89. The Morgan fingerprint density at radius 3 is 2.47 bits per heavy atom. The highest BCUT2D eigenvalue weighted by Crippen LogP contribution is 2.26. The van der Waals surface area contributed by atoms with Gasteiger partial charge in [-0.15, -0.1) is 0 Å². The molecule has 0 fully saturated rings. The van der Waals surface area contributed by atoms with Crippen LogP contribution in [0.15, 0.2) is 42.7 Å². The van der Waals surface area contributed by atoms with Crippen molar-refractivity contribution in [1.29, 1.82) is 0 Å². The van der Waals surface area contributed by atoms with E-state index in [2.05, 4.69) is 29.2 Å². The highest BCUT2D eigenvalue weighted by atomic mass is 16.5. The third-order valence-corrected chi connectivity index (χ3v) is 2.90. The Morgan fingerprint density at radius 2 is 1.88 bits per heavy atom. The van der Waals surface area contributed by atoms with Gasteiger partial charge in [-0.05, 0) is 24.1 Å². The predicted molar refractivity (Wildman–Crippen MR) is 69.5 cm³/mol. The minimum atomic E-state index is 0.110. The quantitative estimate of drug-likeness (QED) is 0.878. The number of pyridine rings is 1. The number of nitrogen functional groups attached to an aromatic ring is 1. The number of anilines is 1. The maximum absolute atomic E-state index is 5.89. The van der Waals surface area contributed by atoms with Crippen molar-refractivity contribution < 1.29 is 4.74 Å². The molecule has 0 radical (unpaired) electrons. The molecule has 0 saturated carbocycles. The second-order valence-electron chi connectivity index (χ2n) is 3.96. The lowest BCUT2D eigenvalue weighted by atomic mass is 10.0. The summed E-state index contributed by atoms with van der Waals surface area (Å²) in [6.45, 7) is 2.02. The van der Waals surface area contributed by atoms with Gasteiger partial charge in [-0.1, -0.05) is 24.3 Å². The molecule has 17 heavy (non-hydrogen) atoms. The van der Waals surface area contributed by atoms with Crippen molar-refractivity contribution in [2.45, 2.75) is 13.0 Å². The van der Waals surface area contributed by atoms with Crippen LogP contribution in [0.2, 0.25) is 0 Å². The van der Waals surface area contributed by atoms with Crippen molar-refractivity contribution in [1.82, 2.24) is 4.98 Å². The fourth-order valence-electron chi connectivity index (χ4n) is 1.74. The van der Waals surface area contributed by atoms with Gasteiger partial charge < -0.3 is 10.5 Å². The van der Waals surface area contributed by atoms with Crippen molar-refractivity contribution in [2.24, 2.45) is 0 Å². The summed E-state index contributed by atoms with van der Waals surface area (Å²) < 4.78 is 5.27. The molecule has 0 unspecified atom stereocenters. The van der Waals surface area contributed by atoms with Crippen molar-refractivity contribution in [3.05, 3.63) is 48.3 Å². The van der Waals surface area contributed by atoms with E-state index in [0.717, 1.165) is 16.7 Å². The lowest BCUT2D eigenvalue weighted by Gasteiger charge is -2.11. The van der Waals surface area contributed by atoms with Gasteiger partial charge >= 0.3 is 0 Å². The topological polar surface area (TPSA) is 48.1 Å². The second-order valence-corrected chi connectivity index (χ2v) is 3.96. The number of rotatable bonds is 3. The van der Waals surface area contributed by atoms with Gasteiger partial charge in [-0.25, -0.2) is 0 Å². The van der Waals surface area contributed by atoms with Crippen molar-refractivity contribution >= 4 is 5.69 Å². The molecule has 1 aromatic heterocycles. The third kappa shape index (κ3) is 2.45. The fourth-order valence-corrected chi connectivity index (χ4v) is 1.74. The summed E-state index contributed by atoms with van der Waals surface area (Å²) >= 11 is 0. The van der Waals surface area contributed by atoms with Gasteiger partial charge in [0.1, 0.15) is 0 Å². The lowest BCUT2D eigenvalue weighted by Crippen LogP contribution is -1.95. The van der Waals surface area contributed by atoms with Crippen LogP contribution in [0.25, 0.3) is 11.1 Å². The molecular formula is C14H16N2O. The van der Waals surface area contributed by atoms with Crippen LogP contribution in [0.5, 0.6) is 0 Å². The first-order valence-corrected chi connectivity index (χ1v) is 5.55. The summed E-state index contributed by atoms with van der Waals surface area (Å²) in [5.41, 5.74) is 9.85. The van der Waals surface area contributed by atoms with E-state index >= 15 is 0 Å². The molecule has 2 aromatic rings. The molecule has 0 aliphatic heterocycles. The molecule has 0 bridgehead atoms. The smallest absolute Gasteiger partial charge is 0.0793 e. The Balaban J connectivity index is 2.33.